The highest BCUT2D eigenvalue weighted by Crippen LogP contribution is 2.32. The number of aromatic nitrogens is 2. The Morgan fingerprint density at radius 1 is 1.06 bits per heavy atom. The lowest BCUT2D eigenvalue weighted by Gasteiger charge is -2.35. The lowest BCUT2D eigenvalue weighted by Crippen LogP contribution is -2.42. The Balaban J connectivity index is 1.34. The van der Waals surface area contributed by atoms with E-state index in [-0.39, 0.29) is 17.6 Å². The molecule has 180 valence electrons. The van der Waals surface area contributed by atoms with Gasteiger partial charge in [-0.05, 0) is 62.8 Å². The van der Waals surface area contributed by atoms with Crippen LogP contribution >= 0.6 is 0 Å². The number of carbonyl (C=O) groups is 1. The summed E-state index contributed by atoms with van der Waals surface area (Å²) in [5.41, 5.74) is 0.899. The fraction of sp³-hybridized carbons (Fsp3) is 0.615. The molecule has 1 aromatic heterocycles. The van der Waals surface area contributed by atoms with Crippen LogP contribution in [0.4, 0.5) is 0 Å². The highest BCUT2D eigenvalue weighted by atomic mass is 16.5. The van der Waals surface area contributed by atoms with Crippen molar-refractivity contribution < 1.29 is 9.53 Å². The number of ether oxygens (including phenoxy) is 1. The number of nitrogens with zero attached hydrogens (tertiary/aromatic N) is 4. The molecule has 1 saturated heterocycles. The van der Waals surface area contributed by atoms with E-state index in [4.69, 9.17) is 4.74 Å². The number of hydrogen-bond donors (Lipinski definition) is 0. The van der Waals surface area contributed by atoms with Gasteiger partial charge < -0.3 is 9.64 Å². The van der Waals surface area contributed by atoms with Gasteiger partial charge in [-0.3, -0.25) is 18.8 Å². The molecule has 7 heteroatoms. The van der Waals surface area contributed by atoms with Crippen LogP contribution < -0.4 is 10.4 Å². The van der Waals surface area contributed by atoms with Gasteiger partial charge in [-0.1, -0.05) is 13.3 Å². The molecule has 0 N–H and O–H groups in total. The van der Waals surface area contributed by atoms with Crippen molar-refractivity contribution in [3.63, 3.8) is 0 Å². The van der Waals surface area contributed by atoms with Gasteiger partial charge in [0.15, 0.2) is 0 Å². The predicted molar refractivity (Wildman–Crippen MR) is 130 cm³/mol. The van der Waals surface area contributed by atoms with Crippen LogP contribution in [0.5, 0.6) is 5.75 Å². The van der Waals surface area contributed by atoms with E-state index >= 15 is 0 Å². The fourth-order valence-corrected chi connectivity index (χ4v) is 5.28. The van der Waals surface area contributed by atoms with Crippen LogP contribution in [0.1, 0.15) is 64.8 Å². The molecule has 0 spiro atoms. The third kappa shape index (κ3) is 5.35. The number of imidazole rings is 1. The van der Waals surface area contributed by atoms with Crippen molar-refractivity contribution in [1.29, 1.82) is 0 Å². The molecular weight excluding hydrogens is 416 g/mol. The van der Waals surface area contributed by atoms with E-state index in [0.29, 0.717) is 12.1 Å². The second-order valence-corrected chi connectivity index (χ2v) is 9.58. The van der Waals surface area contributed by atoms with Crippen molar-refractivity contribution in [3.05, 3.63) is 47.1 Å². The van der Waals surface area contributed by atoms with Gasteiger partial charge >= 0.3 is 5.69 Å². The van der Waals surface area contributed by atoms with Gasteiger partial charge in [-0.2, -0.15) is 0 Å². The number of amides is 1. The normalized spacial score (nSPS) is 23.5. The molecular formula is C26H38N4O3. The summed E-state index contributed by atoms with van der Waals surface area (Å²) >= 11 is 0. The summed E-state index contributed by atoms with van der Waals surface area (Å²) < 4.78 is 9.38. The summed E-state index contributed by atoms with van der Waals surface area (Å²) in [5, 5.41) is 0. The second-order valence-electron chi connectivity index (χ2n) is 9.58. The van der Waals surface area contributed by atoms with Gasteiger partial charge in [-0.25, -0.2) is 4.79 Å². The molecule has 4 rings (SSSR count). The minimum atomic E-state index is 0.0300. The standard InChI is InChI=1S/C26H38N4O3/c1-4-5-18-33-25-12-10-23(11-13-25)30-17-16-29(26(30)32)22-8-6-21(7-9-22)28-15-14-24(19-28)27(3)20(2)31/h10-13,16-17,21-22,24H,4-9,14-15,18-19H2,1-3H3. The summed E-state index contributed by atoms with van der Waals surface area (Å²) in [7, 11) is 1.91. The first kappa shape index (κ1) is 23.6. The maximum Gasteiger partial charge on any atom is 0.332 e. The van der Waals surface area contributed by atoms with Crippen LogP contribution in [0, 0.1) is 0 Å². The molecule has 2 heterocycles. The largest absolute Gasteiger partial charge is 0.494 e. The average Bonchev–Trinajstić information content (AvgIpc) is 3.47. The maximum atomic E-state index is 13.1. The lowest BCUT2D eigenvalue weighted by atomic mass is 9.90. The molecule has 0 bridgehead atoms. The van der Waals surface area contributed by atoms with Crippen molar-refractivity contribution in [2.24, 2.45) is 0 Å². The van der Waals surface area contributed by atoms with Crippen LogP contribution in [-0.4, -0.2) is 63.7 Å². The monoisotopic (exact) mass is 454 g/mol. The van der Waals surface area contributed by atoms with E-state index in [9.17, 15) is 9.59 Å². The molecule has 2 fully saturated rings. The van der Waals surface area contributed by atoms with E-state index in [1.807, 2.05) is 53.2 Å². The van der Waals surface area contributed by atoms with E-state index in [1.54, 1.807) is 11.5 Å². The number of hydrogen-bond acceptors (Lipinski definition) is 4. The summed E-state index contributed by atoms with van der Waals surface area (Å²) in [4.78, 5) is 29.3. The SMILES string of the molecule is CCCCOc1ccc(-n2ccn(C3CCC(N4CCC(N(C)C(C)=O)C4)CC3)c2=O)cc1. The maximum absolute atomic E-state index is 13.1. The second kappa shape index (κ2) is 10.6. The number of benzene rings is 1. The number of unbranched alkanes of at least 4 members (excludes halogenated alkanes) is 1. The van der Waals surface area contributed by atoms with Crippen molar-refractivity contribution >= 4 is 5.91 Å². The first-order chi connectivity index (χ1) is 16.0. The topological polar surface area (TPSA) is 59.7 Å². The highest BCUT2D eigenvalue weighted by molar-refractivity contribution is 5.73. The number of carbonyl (C=O) groups excluding carboxylic acids is 1. The molecule has 1 amide bonds. The van der Waals surface area contributed by atoms with Crippen LogP contribution in [-0.2, 0) is 4.79 Å². The molecule has 0 radical (unpaired) electrons. The Bertz CT molecular complexity index is 972. The molecule has 1 unspecified atom stereocenters. The molecule has 1 aromatic carbocycles. The fourth-order valence-electron chi connectivity index (χ4n) is 5.28. The molecule has 1 aliphatic heterocycles. The van der Waals surface area contributed by atoms with Gasteiger partial charge in [0, 0.05) is 57.6 Å². The zero-order chi connectivity index (χ0) is 23.4. The smallest absolute Gasteiger partial charge is 0.332 e. The Labute approximate surface area is 196 Å². The summed E-state index contributed by atoms with van der Waals surface area (Å²) in [6, 6.07) is 8.92. The average molecular weight is 455 g/mol. The summed E-state index contributed by atoms with van der Waals surface area (Å²) in [5.74, 6) is 0.991. The third-order valence-corrected chi connectivity index (χ3v) is 7.50. The Morgan fingerprint density at radius 2 is 1.76 bits per heavy atom. The van der Waals surface area contributed by atoms with E-state index in [1.165, 1.54) is 0 Å². The van der Waals surface area contributed by atoms with Crippen LogP contribution in [0.2, 0.25) is 0 Å². The van der Waals surface area contributed by atoms with Crippen molar-refractivity contribution in [2.75, 3.05) is 26.7 Å². The van der Waals surface area contributed by atoms with Crippen molar-refractivity contribution in [3.8, 4) is 11.4 Å². The van der Waals surface area contributed by atoms with E-state index in [2.05, 4.69) is 11.8 Å². The zero-order valence-electron chi connectivity index (χ0n) is 20.3. The number of likely N-dealkylation sites (N-methyl/N-ethyl adjacent to an activating group) is 1. The summed E-state index contributed by atoms with van der Waals surface area (Å²) in [6.07, 6.45) is 11.3. The number of likely N-dealkylation sites (tertiary alicyclic amines) is 1. The molecule has 1 aliphatic carbocycles. The number of rotatable bonds is 8. The van der Waals surface area contributed by atoms with E-state index < -0.39 is 0 Å². The molecule has 1 saturated carbocycles. The van der Waals surface area contributed by atoms with E-state index in [0.717, 1.165) is 76.1 Å². The third-order valence-electron chi connectivity index (χ3n) is 7.50. The van der Waals surface area contributed by atoms with Crippen LogP contribution in [0.3, 0.4) is 0 Å². The predicted octanol–water partition coefficient (Wildman–Crippen LogP) is 3.85. The van der Waals surface area contributed by atoms with Crippen molar-refractivity contribution in [1.82, 2.24) is 18.9 Å². The first-order valence-electron chi connectivity index (χ1n) is 12.5. The molecule has 33 heavy (non-hydrogen) atoms. The molecule has 2 aromatic rings. The molecule has 2 aliphatic rings. The van der Waals surface area contributed by atoms with Gasteiger partial charge in [0.2, 0.25) is 5.91 Å². The molecule has 1 atom stereocenters. The first-order valence-corrected chi connectivity index (χ1v) is 12.5. The molecule has 7 nitrogen and oxygen atoms in total. The lowest BCUT2D eigenvalue weighted by molar-refractivity contribution is -0.129. The quantitative estimate of drug-likeness (QED) is 0.569. The Kier molecular flexibility index (Phi) is 7.58. The minimum Gasteiger partial charge on any atom is -0.494 e. The Morgan fingerprint density at radius 3 is 2.42 bits per heavy atom. The highest BCUT2D eigenvalue weighted by Gasteiger charge is 2.34. The van der Waals surface area contributed by atoms with Crippen molar-refractivity contribution in [2.45, 2.75) is 76.9 Å². The Hall–Kier alpha value is -2.54. The zero-order valence-corrected chi connectivity index (χ0v) is 20.3. The van der Waals surface area contributed by atoms with Crippen LogP contribution in [0.25, 0.3) is 5.69 Å². The van der Waals surface area contributed by atoms with Gasteiger partial charge in [0.05, 0.1) is 12.3 Å². The van der Waals surface area contributed by atoms with Crippen LogP contribution in [0.15, 0.2) is 41.5 Å². The summed E-state index contributed by atoms with van der Waals surface area (Å²) in [6.45, 7) is 6.55. The van der Waals surface area contributed by atoms with Gasteiger partial charge in [0.25, 0.3) is 0 Å². The van der Waals surface area contributed by atoms with Gasteiger partial charge in [0.1, 0.15) is 5.75 Å². The minimum absolute atomic E-state index is 0.0300. The van der Waals surface area contributed by atoms with Gasteiger partial charge in [-0.15, -0.1) is 0 Å².